The Balaban J connectivity index is 1.40. The van der Waals surface area contributed by atoms with E-state index in [0.29, 0.717) is 31.7 Å². The summed E-state index contributed by atoms with van der Waals surface area (Å²) >= 11 is 3.42. The Bertz CT molecular complexity index is 1110. The first-order valence-corrected chi connectivity index (χ1v) is 10.9. The highest BCUT2D eigenvalue weighted by Gasteiger charge is 2.35. The van der Waals surface area contributed by atoms with Crippen LogP contribution in [0, 0.1) is 0 Å². The van der Waals surface area contributed by atoms with Gasteiger partial charge >= 0.3 is 0 Å². The number of ether oxygens (including phenoxy) is 1. The molecule has 1 aliphatic heterocycles. The summed E-state index contributed by atoms with van der Waals surface area (Å²) in [5, 5.41) is 16.5. The van der Waals surface area contributed by atoms with Crippen molar-refractivity contribution < 1.29 is 14.6 Å². The molecule has 3 aromatic rings. The highest BCUT2D eigenvalue weighted by Crippen LogP contribution is 2.33. The molecule has 0 saturated carbocycles. The number of nitrogens with two attached hydrogens (primary N) is 1. The van der Waals surface area contributed by atoms with Crippen LogP contribution in [0.25, 0.3) is 10.8 Å². The number of carbonyl (C=O) groups is 1. The van der Waals surface area contributed by atoms with E-state index in [0.717, 1.165) is 26.4 Å². The van der Waals surface area contributed by atoms with Gasteiger partial charge in [-0.15, -0.1) is 0 Å². The Morgan fingerprint density at radius 1 is 1.10 bits per heavy atom. The topological polar surface area (TPSA) is 88.2 Å². The van der Waals surface area contributed by atoms with Gasteiger partial charge in [-0.25, -0.2) is 0 Å². The van der Waals surface area contributed by atoms with E-state index in [1.54, 1.807) is 11.1 Å². The maximum Gasteiger partial charge on any atom is 0.260 e. The van der Waals surface area contributed by atoms with Gasteiger partial charge in [0.25, 0.3) is 5.91 Å². The van der Waals surface area contributed by atoms with Crippen LogP contribution in [0.2, 0.25) is 0 Å². The zero-order valence-electron chi connectivity index (χ0n) is 17.0. The van der Waals surface area contributed by atoms with Crippen molar-refractivity contribution in [1.29, 1.82) is 0 Å². The highest BCUT2D eigenvalue weighted by atomic mass is 79.9. The fraction of sp³-hybridized carbons (Fsp3) is 0.250. The van der Waals surface area contributed by atoms with Gasteiger partial charge in [0.1, 0.15) is 5.75 Å². The van der Waals surface area contributed by atoms with Crippen LogP contribution < -0.4 is 10.6 Å². The molecule has 1 heterocycles. The molecule has 6 nitrogen and oxygen atoms in total. The quantitative estimate of drug-likeness (QED) is 0.329. The van der Waals surface area contributed by atoms with Gasteiger partial charge in [0.15, 0.2) is 6.61 Å². The van der Waals surface area contributed by atoms with Gasteiger partial charge in [-0.2, -0.15) is 5.10 Å². The molecule has 0 aromatic heterocycles. The Hall–Kier alpha value is -2.90. The normalized spacial score (nSPS) is 16.0. The minimum absolute atomic E-state index is 0.0506. The molecule has 3 aromatic carbocycles. The number of carbonyl (C=O) groups excluding carboxylic acids is 1. The number of benzene rings is 3. The van der Waals surface area contributed by atoms with Crippen LogP contribution in [0.3, 0.4) is 0 Å². The van der Waals surface area contributed by atoms with Crippen LogP contribution in [0.1, 0.15) is 24.0 Å². The molecule has 0 bridgehead atoms. The first kappa shape index (κ1) is 21.3. The monoisotopic (exact) mass is 481 g/mol. The number of piperidine rings is 1. The molecule has 160 valence electrons. The third-order valence-corrected chi connectivity index (χ3v) is 6.34. The maximum atomic E-state index is 12.7. The molecule has 0 atom stereocenters. The summed E-state index contributed by atoms with van der Waals surface area (Å²) in [6.07, 6.45) is 2.59. The number of hydrazone groups is 1. The predicted octanol–water partition coefficient (Wildman–Crippen LogP) is 3.78. The fourth-order valence-corrected chi connectivity index (χ4v) is 4.28. The standard InChI is InChI=1S/C24H24BrN3O3/c25-19-8-6-18(7-9-19)24(30)11-13-28(14-12-24)23(29)16-31-22-10-5-17(15-27-26)20-3-1-2-4-21(20)22/h1-10,15,30H,11-14,16,26H2. The van der Waals surface area contributed by atoms with Crippen LogP contribution in [0.5, 0.6) is 5.75 Å². The van der Waals surface area contributed by atoms with Gasteiger partial charge in [-0.05, 0) is 48.1 Å². The minimum Gasteiger partial charge on any atom is -0.483 e. The van der Waals surface area contributed by atoms with Gasteiger partial charge < -0.3 is 20.6 Å². The number of aliphatic hydroxyl groups is 1. The molecule has 31 heavy (non-hydrogen) atoms. The lowest BCUT2D eigenvalue weighted by Gasteiger charge is -2.38. The number of halogens is 1. The van der Waals surface area contributed by atoms with E-state index in [9.17, 15) is 9.90 Å². The fourth-order valence-electron chi connectivity index (χ4n) is 4.02. The summed E-state index contributed by atoms with van der Waals surface area (Å²) < 4.78 is 6.86. The molecule has 1 amide bonds. The molecule has 0 unspecified atom stereocenters. The lowest BCUT2D eigenvalue weighted by molar-refractivity contribution is -0.137. The van der Waals surface area contributed by atoms with Crippen molar-refractivity contribution in [2.45, 2.75) is 18.4 Å². The average Bonchev–Trinajstić information content (AvgIpc) is 2.79. The molecule has 3 N–H and O–H groups in total. The van der Waals surface area contributed by atoms with Crippen LogP contribution in [0.4, 0.5) is 0 Å². The van der Waals surface area contributed by atoms with Crippen molar-refractivity contribution in [2.75, 3.05) is 19.7 Å². The highest BCUT2D eigenvalue weighted by molar-refractivity contribution is 9.10. The third kappa shape index (κ3) is 4.57. The van der Waals surface area contributed by atoms with Crippen LogP contribution >= 0.6 is 15.9 Å². The number of nitrogens with zero attached hydrogens (tertiary/aromatic N) is 2. The molecule has 0 aliphatic carbocycles. The van der Waals surface area contributed by atoms with Gasteiger partial charge in [-0.1, -0.05) is 52.3 Å². The van der Waals surface area contributed by atoms with Gasteiger partial charge in [-0.3, -0.25) is 4.79 Å². The van der Waals surface area contributed by atoms with Crippen LogP contribution in [-0.2, 0) is 10.4 Å². The number of hydrogen-bond acceptors (Lipinski definition) is 5. The smallest absolute Gasteiger partial charge is 0.260 e. The molecule has 0 spiro atoms. The second-order valence-corrected chi connectivity index (χ2v) is 8.60. The van der Waals surface area contributed by atoms with Crippen molar-refractivity contribution in [3.8, 4) is 5.75 Å². The Morgan fingerprint density at radius 3 is 2.45 bits per heavy atom. The lowest BCUT2D eigenvalue weighted by atomic mass is 9.84. The largest absolute Gasteiger partial charge is 0.483 e. The second kappa shape index (κ2) is 9.08. The zero-order valence-corrected chi connectivity index (χ0v) is 18.6. The molecule has 0 radical (unpaired) electrons. The van der Waals surface area contributed by atoms with Crippen LogP contribution in [-0.4, -0.2) is 41.8 Å². The Morgan fingerprint density at radius 2 is 1.77 bits per heavy atom. The molecule has 4 rings (SSSR count). The third-order valence-electron chi connectivity index (χ3n) is 5.81. The first-order chi connectivity index (χ1) is 15.0. The van der Waals surface area contributed by atoms with Gasteiger partial charge in [0, 0.05) is 28.5 Å². The van der Waals surface area contributed by atoms with E-state index in [-0.39, 0.29) is 12.5 Å². The number of likely N-dealkylation sites (tertiary alicyclic amines) is 1. The summed E-state index contributed by atoms with van der Waals surface area (Å²) in [5.74, 6) is 5.85. The summed E-state index contributed by atoms with van der Waals surface area (Å²) in [5.41, 5.74) is 0.862. The van der Waals surface area contributed by atoms with E-state index in [1.165, 1.54) is 0 Å². The molecular formula is C24H24BrN3O3. The van der Waals surface area contributed by atoms with Crippen molar-refractivity contribution in [1.82, 2.24) is 4.90 Å². The predicted molar refractivity (Wildman–Crippen MR) is 125 cm³/mol. The van der Waals surface area contributed by atoms with Crippen LogP contribution in [0.15, 0.2) is 70.2 Å². The summed E-state index contributed by atoms with van der Waals surface area (Å²) in [4.78, 5) is 14.5. The second-order valence-electron chi connectivity index (χ2n) is 7.68. The van der Waals surface area contributed by atoms with E-state index < -0.39 is 5.60 Å². The first-order valence-electron chi connectivity index (χ1n) is 10.1. The van der Waals surface area contributed by atoms with Crippen molar-refractivity contribution in [2.24, 2.45) is 10.9 Å². The number of amides is 1. The Kier molecular flexibility index (Phi) is 6.25. The molecule has 1 fully saturated rings. The zero-order chi connectivity index (χ0) is 21.8. The lowest BCUT2D eigenvalue weighted by Crippen LogP contribution is -2.46. The number of fused-ring (bicyclic) bond motifs is 1. The van der Waals surface area contributed by atoms with Crippen molar-refractivity contribution in [3.05, 3.63) is 76.3 Å². The number of rotatable bonds is 5. The summed E-state index contributed by atoms with van der Waals surface area (Å²) in [6.45, 7) is 0.924. The summed E-state index contributed by atoms with van der Waals surface area (Å²) in [6, 6.07) is 19.2. The average molecular weight is 482 g/mol. The van der Waals surface area contributed by atoms with E-state index >= 15 is 0 Å². The molecule has 7 heteroatoms. The van der Waals surface area contributed by atoms with E-state index in [4.69, 9.17) is 10.6 Å². The molecule has 1 aliphatic rings. The van der Waals surface area contributed by atoms with Crippen molar-refractivity contribution in [3.63, 3.8) is 0 Å². The van der Waals surface area contributed by atoms with E-state index in [2.05, 4.69) is 21.0 Å². The number of hydrogen-bond donors (Lipinski definition) is 2. The minimum atomic E-state index is -0.908. The molecule has 1 saturated heterocycles. The molecular weight excluding hydrogens is 458 g/mol. The summed E-state index contributed by atoms with van der Waals surface area (Å²) in [7, 11) is 0. The maximum absolute atomic E-state index is 12.7. The van der Waals surface area contributed by atoms with Gasteiger partial charge in [0.2, 0.25) is 0 Å². The van der Waals surface area contributed by atoms with E-state index in [1.807, 2.05) is 60.7 Å². The van der Waals surface area contributed by atoms with Crippen molar-refractivity contribution >= 4 is 38.8 Å². The van der Waals surface area contributed by atoms with Gasteiger partial charge in [0.05, 0.1) is 11.8 Å². The Labute approximate surface area is 189 Å². The SMILES string of the molecule is NN=Cc1ccc(OCC(=O)N2CCC(O)(c3ccc(Br)cc3)CC2)c2ccccc12.